The fraction of sp³-hybridized carbons (Fsp3) is 0.625. The quantitative estimate of drug-likeness (QED) is 0.582. The normalized spacial score (nSPS) is 21.4. The predicted molar refractivity (Wildman–Crippen MR) is 38.1 cm³/mol. The van der Waals surface area contributed by atoms with Gasteiger partial charge in [0.15, 0.2) is 0 Å². The maximum atomic E-state index is 9.22. The van der Waals surface area contributed by atoms with Crippen molar-refractivity contribution in [2.45, 2.75) is 25.4 Å². The van der Waals surface area contributed by atoms with Crippen LogP contribution >= 0.6 is 0 Å². The van der Waals surface area contributed by atoms with Crippen molar-refractivity contribution >= 4 is 0 Å². The molecule has 0 spiro atoms. The molecule has 10 heavy (non-hydrogen) atoms. The van der Waals surface area contributed by atoms with Crippen molar-refractivity contribution in [3.63, 3.8) is 0 Å². The molecule has 0 aromatic rings. The fourth-order valence-electron chi connectivity index (χ4n) is 1.21. The lowest BCUT2D eigenvalue weighted by molar-refractivity contribution is 0.0907. The summed E-state index contributed by atoms with van der Waals surface area (Å²) in [4.78, 5) is 0. The molecular weight excluding hydrogens is 126 g/mol. The molecule has 0 aromatic heterocycles. The molecule has 2 nitrogen and oxygen atoms in total. The molecule has 1 aliphatic rings. The van der Waals surface area contributed by atoms with Crippen molar-refractivity contribution in [2.75, 3.05) is 0 Å². The van der Waals surface area contributed by atoms with E-state index in [-0.39, 0.29) is 6.42 Å². The van der Waals surface area contributed by atoms with Gasteiger partial charge in [0, 0.05) is 0 Å². The summed E-state index contributed by atoms with van der Waals surface area (Å²) >= 11 is 0. The molecule has 1 saturated carbocycles. The number of aliphatic hydroxyl groups excluding tert-OH is 1. The van der Waals surface area contributed by atoms with Crippen molar-refractivity contribution in [2.24, 2.45) is 5.92 Å². The van der Waals surface area contributed by atoms with Crippen LogP contribution in [-0.4, -0.2) is 11.2 Å². The highest BCUT2D eigenvalue weighted by molar-refractivity contribution is 5.09. The van der Waals surface area contributed by atoms with Crippen LogP contribution in [-0.2, 0) is 0 Å². The smallest absolute Gasteiger partial charge is 0.0704 e. The number of nitriles is 1. The summed E-state index contributed by atoms with van der Waals surface area (Å²) in [5.41, 5.74) is 1.20. The van der Waals surface area contributed by atoms with Crippen LogP contribution in [0.5, 0.6) is 0 Å². The zero-order valence-corrected chi connectivity index (χ0v) is 5.88. The number of hydrogen-bond donors (Lipinski definition) is 1. The molecule has 54 valence electrons. The number of rotatable bonds is 2. The minimum atomic E-state index is -0.421. The lowest BCUT2D eigenvalue weighted by atomic mass is 9.77. The van der Waals surface area contributed by atoms with E-state index in [0.717, 1.165) is 12.8 Å². The Hall–Kier alpha value is -0.810. The van der Waals surface area contributed by atoms with Crippen LogP contribution in [0.1, 0.15) is 19.3 Å². The minimum absolute atomic E-state index is 0.262. The Kier molecular flexibility index (Phi) is 2.08. The molecule has 1 atom stereocenters. The fourth-order valence-corrected chi connectivity index (χ4v) is 1.21. The summed E-state index contributed by atoms with van der Waals surface area (Å²) in [5, 5.41) is 17.5. The second-order valence-electron chi connectivity index (χ2n) is 2.85. The van der Waals surface area contributed by atoms with E-state index in [1.807, 2.05) is 6.07 Å². The van der Waals surface area contributed by atoms with Crippen molar-refractivity contribution in [1.82, 2.24) is 0 Å². The van der Waals surface area contributed by atoms with Crippen molar-refractivity contribution < 1.29 is 5.11 Å². The van der Waals surface area contributed by atoms with Crippen LogP contribution in [0, 0.1) is 17.2 Å². The van der Waals surface area contributed by atoms with Gasteiger partial charge in [0.25, 0.3) is 0 Å². The molecule has 1 unspecified atom stereocenters. The third-order valence-electron chi connectivity index (χ3n) is 1.95. The Labute approximate surface area is 60.8 Å². The zero-order valence-electron chi connectivity index (χ0n) is 5.88. The summed E-state index contributed by atoms with van der Waals surface area (Å²) < 4.78 is 0. The van der Waals surface area contributed by atoms with Crippen LogP contribution in [0.2, 0.25) is 0 Å². The summed E-state index contributed by atoms with van der Waals surface area (Å²) in [6, 6.07) is 1.95. The lowest BCUT2D eigenvalue weighted by Gasteiger charge is -2.31. The highest BCUT2D eigenvalue weighted by atomic mass is 16.3. The molecule has 0 aromatic carbocycles. The molecule has 0 aliphatic heterocycles. The van der Waals surface area contributed by atoms with Gasteiger partial charge in [-0.05, 0) is 18.8 Å². The van der Waals surface area contributed by atoms with Gasteiger partial charge in [0.2, 0.25) is 0 Å². The van der Waals surface area contributed by atoms with Crippen LogP contribution in [0.4, 0.5) is 0 Å². The predicted octanol–water partition coefficient (Wildman–Crippen LogP) is 1.23. The lowest BCUT2D eigenvalue weighted by Crippen LogP contribution is -2.27. The maximum Gasteiger partial charge on any atom is 0.0704 e. The van der Waals surface area contributed by atoms with Gasteiger partial charge in [-0.1, -0.05) is 12.2 Å². The van der Waals surface area contributed by atoms with E-state index in [0.29, 0.717) is 5.92 Å². The molecule has 1 aliphatic carbocycles. The third-order valence-corrected chi connectivity index (χ3v) is 1.95. The second-order valence-corrected chi connectivity index (χ2v) is 2.85. The topological polar surface area (TPSA) is 44.0 Å². The Balaban J connectivity index is 2.25. The van der Waals surface area contributed by atoms with E-state index in [9.17, 15) is 5.11 Å². The molecule has 1 N–H and O–H groups in total. The largest absolute Gasteiger partial charge is 0.392 e. The van der Waals surface area contributed by atoms with E-state index in [4.69, 9.17) is 5.26 Å². The Morgan fingerprint density at radius 3 is 2.80 bits per heavy atom. The second kappa shape index (κ2) is 2.85. The molecule has 0 amide bonds. The summed E-state index contributed by atoms with van der Waals surface area (Å²) in [6.07, 6.45) is 1.65. The summed E-state index contributed by atoms with van der Waals surface area (Å²) in [5.74, 6) is 0.312. The molecule has 0 radical (unpaired) electrons. The van der Waals surface area contributed by atoms with Gasteiger partial charge in [-0.2, -0.15) is 5.26 Å². The van der Waals surface area contributed by atoms with Crippen molar-refractivity contribution in [3.8, 4) is 6.07 Å². The molecular formula is C8H11NO. The number of aliphatic hydroxyl groups is 1. The van der Waals surface area contributed by atoms with E-state index in [2.05, 4.69) is 6.58 Å². The van der Waals surface area contributed by atoms with Crippen LogP contribution < -0.4 is 0 Å². The molecule has 1 rings (SSSR count). The molecule has 0 saturated heterocycles. The Bertz CT molecular complexity index is 172. The Morgan fingerprint density at radius 2 is 2.40 bits per heavy atom. The molecule has 0 heterocycles. The van der Waals surface area contributed by atoms with Gasteiger partial charge >= 0.3 is 0 Å². The van der Waals surface area contributed by atoms with Gasteiger partial charge in [0.05, 0.1) is 18.6 Å². The molecule has 1 fully saturated rings. The number of hydrogen-bond acceptors (Lipinski definition) is 2. The molecule has 0 bridgehead atoms. The summed E-state index contributed by atoms with van der Waals surface area (Å²) in [7, 11) is 0. The minimum Gasteiger partial charge on any atom is -0.392 e. The first-order chi connectivity index (χ1) is 4.74. The van der Waals surface area contributed by atoms with Gasteiger partial charge in [0.1, 0.15) is 0 Å². The standard InChI is InChI=1S/C8H11NO/c1-6-4-7(5-6)8(10)2-3-9/h7-8,10H,1-2,4-5H2. The number of allylic oxidation sites excluding steroid dienone is 1. The monoisotopic (exact) mass is 137 g/mol. The average molecular weight is 137 g/mol. The zero-order chi connectivity index (χ0) is 7.56. The first-order valence-electron chi connectivity index (χ1n) is 3.45. The van der Waals surface area contributed by atoms with E-state index >= 15 is 0 Å². The van der Waals surface area contributed by atoms with Crippen LogP contribution in [0.3, 0.4) is 0 Å². The van der Waals surface area contributed by atoms with Gasteiger partial charge in [-0.3, -0.25) is 0 Å². The number of nitrogens with zero attached hydrogens (tertiary/aromatic N) is 1. The van der Waals surface area contributed by atoms with E-state index in [1.54, 1.807) is 0 Å². The average Bonchev–Trinajstić information content (AvgIpc) is 1.82. The van der Waals surface area contributed by atoms with Crippen molar-refractivity contribution in [1.29, 1.82) is 5.26 Å². The van der Waals surface area contributed by atoms with E-state index in [1.165, 1.54) is 5.57 Å². The third kappa shape index (κ3) is 1.37. The van der Waals surface area contributed by atoms with Crippen LogP contribution in [0.25, 0.3) is 0 Å². The van der Waals surface area contributed by atoms with E-state index < -0.39 is 6.10 Å². The summed E-state index contributed by atoms with van der Waals surface area (Å²) in [6.45, 7) is 3.76. The first-order valence-corrected chi connectivity index (χ1v) is 3.45. The molecule has 2 heteroatoms. The Morgan fingerprint density at radius 1 is 1.80 bits per heavy atom. The highest BCUT2D eigenvalue weighted by Crippen LogP contribution is 2.34. The SMILES string of the molecule is C=C1CC(C(O)CC#N)C1. The first kappa shape index (κ1) is 7.30. The van der Waals surface area contributed by atoms with Gasteiger partial charge < -0.3 is 5.11 Å². The maximum absolute atomic E-state index is 9.22. The van der Waals surface area contributed by atoms with Gasteiger partial charge in [-0.15, -0.1) is 0 Å². The van der Waals surface area contributed by atoms with Crippen molar-refractivity contribution in [3.05, 3.63) is 12.2 Å². The van der Waals surface area contributed by atoms with Gasteiger partial charge in [-0.25, -0.2) is 0 Å². The highest BCUT2D eigenvalue weighted by Gasteiger charge is 2.27. The van der Waals surface area contributed by atoms with Crippen LogP contribution in [0.15, 0.2) is 12.2 Å².